The SMILES string of the molecule is Cc1ccc(N2CC(CO)C2)nc1C#N. The molecule has 1 aromatic heterocycles. The molecule has 0 aliphatic carbocycles. The predicted molar refractivity (Wildman–Crippen MR) is 56.5 cm³/mol. The third kappa shape index (κ3) is 1.79. The smallest absolute Gasteiger partial charge is 0.145 e. The summed E-state index contributed by atoms with van der Waals surface area (Å²) >= 11 is 0. The van der Waals surface area contributed by atoms with E-state index in [-0.39, 0.29) is 6.61 Å². The molecule has 0 radical (unpaired) electrons. The van der Waals surface area contributed by atoms with Gasteiger partial charge in [0.25, 0.3) is 0 Å². The fourth-order valence-corrected chi connectivity index (χ4v) is 1.68. The van der Waals surface area contributed by atoms with Crippen LogP contribution in [0.5, 0.6) is 0 Å². The van der Waals surface area contributed by atoms with Crippen molar-refractivity contribution in [2.24, 2.45) is 5.92 Å². The van der Waals surface area contributed by atoms with Gasteiger partial charge in [0.2, 0.25) is 0 Å². The summed E-state index contributed by atoms with van der Waals surface area (Å²) in [5.41, 5.74) is 1.39. The van der Waals surface area contributed by atoms with Crippen molar-refractivity contribution in [2.75, 3.05) is 24.6 Å². The fourth-order valence-electron chi connectivity index (χ4n) is 1.68. The van der Waals surface area contributed by atoms with Crippen LogP contribution in [0.4, 0.5) is 5.82 Å². The molecule has 0 saturated carbocycles. The van der Waals surface area contributed by atoms with Crippen molar-refractivity contribution < 1.29 is 5.11 Å². The molecule has 2 heterocycles. The molecule has 78 valence electrons. The molecule has 0 aromatic carbocycles. The van der Waals surface area contributed by atoms with Gasteiger partial charge in [-0.1, -0.05) is 6.07 Å². The summed E-state index contributed by atoms with van der Waals surface area (Å²) in [5, 5.41) is 17.7. The summed E-state index contributed by atoms with van der Waals surface area (Å²) in [6.45, 7) is 3.77. The number of hydrogen-bond donors (Lipinski definition) is 1. The van der Waals surface area contributed by atoms with E-state index in [2.05, 4.69) is 16.0 Å². The molecular formula is C11H13N3O. The number of nitriles is 1. The highest BCUT2D eigenvalue weighted by Crippen LogP contribution is 2.23. The Kier molecular flexibility index (Phi) is 2.57. The number of nitrogens with zero attached hydrogens (tertiary/aromatic N) is 3. The van der Waals surface area contributed by atoms with Crippen LogP contribution < -0.4 is 4.90 Å². The molecule has 4 heteroatoms. The molecule has 0 bridgehead atoms. The van der Waals surface area contributed by atoms with Crippen molar-refractivity contribution >= 4 is 5.82 Å². The highest BCUT2D eigenvalue weighted by Gasteiger charge is 2.27. The van der Waals surface area contributed by atoms with Crippen molar-refractivity contribution in [1.29, 1.82) is 5.26 Å². The van der Waals surface area contributed by atoms with Crippen molar-refractivity contribution in [3.05, 3.63) is 23.4 Å². The quantitative estimate of drug-likeness (QED) is 0.768. The minimum atomic E-state index is 0.230. The monoisotopic (exact) mass is 203 g/mol. The summed E-state index contributed by atoms with van der Waals surface area (Å²) < 4.78 is 0. The average molecular weight is 203 g/mol. The van der Waals surface area contributed by atoms with Gasteiger partial charge in [-0.25, -0.2) is 4.98 Å². The lowest BCUT2D eigenvalue weighted by atomic mass is 10.0. The Balaban J connectivity index is 2.14. The largest absolute Gasteiger partial charge is 0.396 e. The van der Waals surface area contributed by atoms with Crippen LogP contribution in [0.15, 0.2) is 12.1 Å². The van der Waals surface area contributed by atoms with Crippen molar-refractivity contribution in [3.63, 3.8) is 0 Å². The number of aryl methyl sites for hydroxylation is 1. The average Bonchev–Trinajstić information content (AvgIpc) is 2.19. The van der Waals surface area contributed by atoms with Crippen LogP contribution in [0.3, 0.4) is 0 Å². The van der Waals surface area contributed by atoms with Gasteiger partial charge >= 0.3 is 0 Å². The molecule has 1 saturated heterocycles. The number of rotatable bonds is 2. The number of pyridine rings is 1. The standard InChI is InChI=1S/C11H13N3O/c1-8-2-3-11(13-10(8)4-12)14-5-9(6-14)7-15/h2-3,9,15H,5-7H2,1H3. The molecule has 1 aliphatic heterocycles. The lowest BCUT2D eigenvalue weighted by Gasteiger charge is -2.39. The maximum atomic E-state index is 8.90. The molecule has 0 atom stereocenters. The van der Waals surface area contributed by atoms with Gasteiger partial charge in [-0.15, -0.1) is 0 Å². The van der Waals surface area contributed by atoms with Crippen molar-refractivity contribution in [1.82, 2.24) is 4.98 Å². The van der Waals surface area contributed by atoms with Crippen LogP contribution >= 0.6 is 0 Å². The highest BCUT2D eigenvalue weighted by atomic mass is 16.3. The van der Waals surface area contributed by atoms with E-state index in [0.717, 1.165) is 24.5 Å². The van der Waals surface area contributed by atoms with Crippen molar-refractivity contribution in [3.8, 4) is 6.07 Å². The molecule has 4 nitrogen and oxygen atoms in total. The van der Waals surface area contributed by atoms with E-state index < -0.39 is 0 Å². The van der Waals surface area contributed by atoms with Crippen LogP contribution in [0, 0.1) is 24.2 Å². The molecule has 1 fully saturated rings. The summed E-state index contributed by atoms with van der Waals surface area (Å²) in [4.78, 5) is 6.34. The van der Waals surface area contributed by atoms with Gasteiger partial charge in [-0.05, 0) is 18.6 Å². The maximum Gasteiger partial charge on any atom is 0.145 e. The zero-order valence-electron chi connectivity index (χ0n) is 8.64. The molecule has 1 N–H and O–H groups in total. The van der Waals surface area contributed by atoms with Crippen LogP contribution in [-0.2, 0) is 0 Å². The first-order valence-electron chi connectivity index (χ1n) is 4.98. The first kappa shape index (κ1) is 9.94. The molecule has 1 aliphatic rings. The zero-order valence-corrected chi connectivity index (χ0v) is 8.64. The first-order valence-corrected chi connectivity index (χ1v) is 4.98. The lowest BCUT2D eigenvalue weighted by molar-refractivity contribution is 0.200. The van der Waals surface area contributed by atoms with Crippen molar-refractivity contribution in [2.45, 2.75) is 6.92 Å². The number of aliphatic hydroxyl groups is 1. The van der Waals surface area contributed by atoms with Gasteiger partial charge in [0.15, 0.2) is 0 Å². The number of anilines is 1. The van der Waals surface area contributed by atoms with E-state index >= 15 is 0 Å². The fraction of sp³-hybridized carbons (Fsp3) is 0.455. The van der Waals surface area contributed by atoms with E-state index in [4.69, 9.17) is 10.4 Å². The summed E-state index contributed by atoms with van der Waals surface area (Å²) in [6, 6.07) is 5.91. The van der Waals surface area contributed by atoms with Gasteiger partial charge in [0.1, 0.15) is 17.6 Å². The molecule has 0 amide bonds. The van der Waals surface area contributed by atoms with E-state index in [1.165, 1.54) is 0 Å². The topological polar surface area (TPSA) is 60.1 Å². The van der Waals surface area contributed by atoms with E-state index in [9.17, 15) is 0 Å². The molecule has 0 spiro atoms. The second-order valence-corrected chi connectivity index (χ2v) is 3.90. The van der Waals surface area contributed by atoms with Crippen LogP contribution in [0.1, 0.15) is 11.3 Å². The van der Waals surface area contributed by atoms with Gasteiger partial charge in [-0.2, -0.15) is 5.26 Å². The Morgan fingerprint density at radius 3 is 2.93 bits per heavy atom. The van der Waals surface area contributed by atoms with E-state index in [0.29, 0.717) is 11.6 Å². The Morgan fingerprint density at radius 2 is 2.33 bits per heavy atom. The normalized spacial score (nSPS) is 15.9. The molecular weight excluding hydrogens is 190 g/mol. The minimum absolute atomic E-state index is 0.230. The van der Waals surface area contributed by atoms with Crippen LogP contribution in [-0.4, -0.2) is 29.8 Å². The van der Waals surface area contributed by atoms with E-state index in [1.807, 2.05) is 19.1 Å². The Morgan fingerprint density at radius 1 is 1.60 bits per heavy atom. The third-order valence-electron chi connectivity index (χ3n) is 2.73. The predicted octanol–water partition coefficient (Wildman–Crippen LogP) is 0.690. The minimum Gasteiger partial charge on any atom is -0.396 e. The number of hydrogen-bond acceptors (Lipinski definition) is 4. The molecule has 15 heavy (non-hydrogen) atoms. The van der Waals surface area contributed by atoms with Gasteiger partial charge in [-0.3, -0.25) is 0 Å². The van der Waals surface area contributed by atoms with E-state index in [1.54, 1.807) is 0 Å². The lowest BCUT2D eigenvalue weighted by Crippen LogP contribution is -2.48. The summed E-state index contributed by atoms with van der Waals surface area (Å²) in [7, 11) is 0. The number of aromatic nitrogens is 1. The number of aliphatic hydroxyl groups excluding tert-OH is 1. The summed E-state index contributed by atoms with van der Waals surface area (Å²) in [5.74, 6) is 1.19. The second-order valence-electron chi connectivity index (χ2n) is 3.90. The third-order valence-corrected chi connectivity index (χ3v) is 2.73. The van der Waals surface area contributed by atoms with Gasteiger partial charge < -0.3 is 10.0 Å². The Hall–Kier alpha value is -1.60. The van der Waals surface area contributed by atoms with Crippen LogP contribution in [0.25, 0.3) is 0 Å². The molecule has 0 unspecified atom stereocenters. The Bertz CT molecular complexity index is 405. The van der Waals surface area contributed by atoms with Crippen LogP contribution in [0.2, 0.25) is 0 Å². The maximum absolute atomic E-state index is 8.90. The molecule has 1 aromatic rings. The highest BCUT2D eigenvalue weighted by molar-refractivity contribution is 5.46. The van der Waals surface area contributed by atoms with Gasteiger partial charge in [0, 0.05) is 25.6 Å². The zero-order chi connectivity index (χ0) is 10.8. The first-order chi connectivity index (χ1) is 7.24. The second kappa shape index (κ2) is 3.87. The molecule has 2 rings (SSSR count). The van der Waals surface area contributed by atoms with Gasteiger partial charge in [0.05, 0.1) is 0 Å². The summed E-state index contributed by atoms with van der Waals surface area (Å²) in [6.07, 6.45) is 0. The Labute approximate surface area is 88.8 Å².